The van der Waals surface area contributed by atoms with Crippen LogP contribution in [0.4, 0.5) is 5.69 Å². The maximum absolute atomic E-state index is 11.5. The number of hydrogen-bond donors (Lipinski definition) is 0. The number of carbonyl (C=O) groups excluding carboxylic acids is 2. The molecule has 0 unspecified atom stereocenters. The lowest BCUT2D eigenvalue weighted by Gasteiger charge is -1.94. The average molecular weight is 269 g/mol. The van der Waals surface area contributed by atoms with Gasteiger partial charge in [0.25, 0.3) is 0 Å². The number of fused-ring (bicyclic) bond motifs is 1. The molecule has 17 heavy (non-hydrogen) atoms. The lowest BCUT2D eigenvalue weighted by molar-refractivity contribution is 0.0607. The topological polar surface area (TPSA) is 68.6 Å². The number of pyridine rings is 1. The molecule has 2 heterocycles. The molecule has 2 aromatic heterocycles. The normalized spacial score (nSPS) is 10.0. The van der Waals surface area contributed by atoms with Gasteiger partial charge in [0.1, 0.15) is 21.2 Å². The molecule has 5 nitrogen and oxygen atoms in total. The van der Waals surface area contributed by atoms with Crippen molar-refractivity contribution in [3.63, 3.8) is 0 Å². The summed E-state index contributed by atoms with van der Waals surface area (Å²) in [6, 6.07) is 3.29. The molecule has 0 amide bonds. The zero-order valence-corrected chi connectivity index (χ0v) is 10.1. The first kappa shape index (κ1) is 11.7. The fourth-order valence-electron chi connectivity index (χ4n) is 1.32. The van der Waals surface area contributed by atoms with E-state index in [1.807, 2.05) is 0 Å². The molecule has 7 heteroatoms. The quantitative estimate of drug-likeness (QED) is 0.363. The second kappa shape index (κ2) is 4.63. The standard InChI is InChI=1S/C10H5ClN2O3S/c1-16-10(15)9-8(12-4-14)7-5(17-9)2-3-6(11)13-7/h2-3H,1H3. The van der Waals surface area contributed by atoms with Crippen molar-refractivity contribution in [1.29, 1.82) is 0 Å². The molecule has 0 spiro atoms. The van der Waals surface area contributed by atoms with Crippen LogP contribution < -0.4 is 0 Å². The van der Waals surface area contributed by atoms with Crippen molar-refractivity contribution >= 4 is 50.9 Å². The molecule has 2 aromatic rings. The molecule has 0 saturated carbocycles. The third kappa shape index (κ3) is 2.06. The Morgan fingerprint density at radius 3 is 3.00 bits per heavy atom. The third-order valence-corrected chi connectivity index (χ3v) is 3.33. The smallest absolute Gasteiger partial charge is 0.350 e. The fraction of sp³-hybridized carbons (Fsp3) is 0.100. The summed E-state index contributed by atoms with van der Waals surface area (Å²) in [7, 11) is 1.25. The number of ether oxygens (including phenoxy) is 1. The van der Waals surface area contributed by atoms with Gasteiger partial charge in [0, 0.05) is 0 Å². The molecule has 0 aliphatic rings. The highest BCUT2D eigenvalue weighted by molar-refractivity contribution is 7.21. The summed E-state index contributed by atoms with van der Waals surface area (Å²) in [5, 5.41) is 0.258. The van der Waals surface area contributed by atoms with Gasteiger partial charge in [0.15, 0.2) is 0 Å². The first-order valence-corrected chi connectivity index (χ1v) is 5.62. The third-order valence-electron chi connectivity index (χ3n) is 2.00. The number of esters is 1. The van der Waals surface area contributed by atoms with Crippen LogP contribution in [0.1, 0.15) is 9.67 Å². The van der Waals surface area contributed by atoms with Crippen LogP contribution in [0.15, 0.2) is 17.1 Å². The number of nitrogens with zero attached hydrogens (tertiary/aromatic N) is 2. The molecule has 0 aliphatic heterocycles. The van der Waals surface area contributed by atoms with E-state index in [2.05, 4.69) is 14.7 Å². The number of carbonyl (C=O) groups is 1. The Labute approximate surface area is 105 Å². The molecule has 0 saturated heterocycles. The van der Waals surface area contributed by atoms with E-state index in [0.29, 0.717) is 10.2 Å². The molecule has 0 aliphatic carbocycles. The second-order valence-electron chi connectivity index (χ2n) is 2.96. The van der Waals surface area contributed by atoms with Crippen LogP contribution in [0.2, 0.25) is 5.15 Å². The Bertz CT molecular complexity index is 646. The summed E-state index contributed by atoms with van der Waals surface area (Å²) < 4.78 is 5.30. The van der Waals surface area contributed by atoms with E-state index in [-0.39, 0.29) is 15.7 Å². The van der Waals surface area contributed by atoms with Gasteiger partial charge in [-0.1, -0.05) is 11.6 Å². The monoisotopic (exact) mass is 268 g/mol. The molecule has 0 N–H and O–H groups in total. The van der Waals surface area contributed by atoms with Gasteiger partial charge in [0.2, 0.25) is 6.08 Å². The van der Waals surface area contributed by atoms with Gasteiger partial charge in [-0.2, -0.15) is 4.99 Å². The zero-order chi connectivity index (χ0) is 12.4. The van der Waals surface area contributed by atoms with Crippen molar-refractivity contribution in [1.82, 2.24) is 4.98 Å². The van der Waals surface area contributed by atoms with Gasteiger partial charge in [-0.05, 0) is 12.1 Å². The van der Waals surface area contributed by atoms with Crippen molar-refractivity contribution in [2.75, 3.05) is 7.11 Å². The molecule has 0 fully saturated rings. The number of aromatic nitrogens is 1. The van der Waals surface area contributed by atoms with Crippen LogP contribution >= 0.6 is 22.9 Å². The number of thiophene rings is 1. The number of rotatable bonds is 2. The van der Waals surface area contributed by atoms with Crippen molar-refractivity contribution in [2.45, 2.75) is 0 Å². The van der Waals surface area contributed by atoms with Gasteiger partial charge in [-0.15, -0.1) is 11.3 Å². The van der Waals surface area contributed by atoms with Crippen LogP contribution in [0, 0.1) is 0 Å². The molecule has 0 aromatic carbocycles. The lowest BCUT2D eigenvalue weighted by atomic mass is 10.3. The highest BCUT2D eigenvalue weighted by Gasteiger charge is 2.20. The van der Waals surface area contributed by atoms with Gasteiger partial charge < -0.3 is 4.74 Å². The highest BCUT2D eigenvalue weighted by Crippen LogP contribution is 2.37. The van der Waals surface area contributed by atoms with E-state index in [4.69, 9.17) is 11.6 Å². The average Bonchev–Trinajstić information content (AvgIpc) is 2.67. The van der Waals surface area contributed by atoms with Gasteiger partial charge in [0.05, 0.1) is 11.8 Å². The number of isocyanates is 1. The Kier molecular flexibility index (Phi) is 3.19. The van der Waals surface area contributed by atoms with Crippen LogP contribution in [0.5, 0.6) is 0 Å². The Balaban J connectivity index is 2.80. The van der Waals surface area contributed by atoms with E-state index < -0.39 is 5.97 Å². The van der Waals surface area contributed by atoms with Crippen LogP contribution in [-0.2, 0) is 9.53 Å². The van der Waals surface area contributed by atoms with E-state index in [1.54, 1.807) is 12.1 Å². The molecule has 86 valence electrons. The molecule has 0 radical (unpaired) electrons. The molecule has 0 atom stereocenters. The number of methoxy groups -OCH3 is 1. The summed E-state index contributed by atoms with van der Waals surface area (Å²) in [6.07, 6.45) is 1.39. The van der Waals surface area contributed by atoms with Crippen molar-refractivity contribution in [3.05, 3.63) is 22.2 Å². The van der Waals surface area contributed by atoms with E-state index in [1.165, 1.54) is 13.2 Å². The van der Waals surface area contributed by atoms with Gasteiger partial charge >= 0.3 is 5.97 Å². The Hall–Kier alpha value is -1.75. The lowest BCUT2D eigenvalue weighted by Crippen LogP contribution is -1.97. The van der Waals surface area contributed by atoms with Crippen LogP contribution in [-0.4, -0.2) is 24.1 Å². The van der Waals surface area contributed by atoms with Crippen molar-refractivity contribution in [2.24, 2.45) is 4.99 Å². The molecule has 0 bridgehead atoms. The van der Waals surface area contributed by atoms with E-state index >= 15 is 0 Å². The first-order chi connectivity index (χ1) is 8.17. The largest absolute Gasteiger partial charge is 0.465 e. The summed E-state index contributed by atoms with van der Waals surface area (Å²) in [5.41, 5.74) is 0.542. The Morgan fingerprint density at radius 2 is 2.35 bits per heavy atom. The maximum Gasteiger partial charge on any atom is 0.350 e. The summed E-state index contributed by atoms with van der Waals surface area (Å²) in [6.45, 7) is 0. The predicted octanol–water partition coefficient (Wildman–Crippen LogP) is 2.70. The summed E-state index contributed by atoms with van der Waals surface area (Å²) in [4.78, 5) is 29.6. The van der Waals surface area contributed by atoms with Crippen LogP contribution in [0.25, 0.3) is 10.2 Å². The maximum atomic E-state index is 11.5. The fourth-order valence-corrected chi connectivity index (χ4v) is 2.47. The molecular weight excluding hydrogens is 264 g/mol. The number of halogens is 1. The van der Waals surface area contributed by atoms with E-state index in [0.717, 1.165) is 11.3 Å². The SMILES string of the molecule is COC(=O)c1sc2ccc(Cl)nc2c1N=C=O. The second-order valence-corrected chi connectivity index (χ2v) is 4.39. The minimum Gasteiger partial charge on any atom is -0.465 e. The summed E-state index contributed by atoms with van der Waals surface area (Å²) in [5.74, 6) is -0.571. The zero-order valence-electron chi connectivity index (χ0n) is 8.56. The number of aliphatic imine (C=N–C) groups is 1. The van der Waals surface area contributed by atoms with Crippen LogP contribution in [0.3, 0.4) is 0 Å². The van der Waals surface area contributed by atoms with Gasteiger partial charge in [-0.25, -0.2) is 14.6 Å². The van der Waals surface area contributed by atoms with Crippen molar-refractivity contribution in [3.8, 4) is 0 Å². The van der Waals surface area contributed by atoms with Crippen molar-refractivity contribution < 1.29 is 14.3 Å². The molecular formula is C10H5ClN2O3S. The molecule has 2 rings (SSSR count). The minimum absolute atomic E-state index is 0.148. The first-order valence-electron chi connectivity index (χ1n) is 4.42. The predicted molar refractivity (Wildman–Crippen MR) is 63.8 cm³/mol. The Morgan fingerprint density at radius 1 is 1.59 bits per heavy atom. The summed E-state index contributed by atoms with van der Waals surface area (Å²) >= 11 is 6.89. The minimum atomic E-state index is -0.571. The van der Waals surface area contributed by atoms with Gasteiger partial charge in [-0.3, -0.25) is 0 Å². The van der Waals surface area contributed by atoms with E-state index in [9.17, 15) is 9.59 Å². The number of hydrogen-bond acceptors (Lipinski definition) is 6. The highest BCUT2D eigenvalue weighted by atomic mass is 35.5.